The maximum Gasteiger partial charge on any atom is 0.0541 e. The topological polar surface area (TPSA) is 8.17 Å². The Bertz CT molecular complexity index is 2680. The maximum atomic E-state index is 2.50. The van der Waals surface area contributed by atoms with Crippen LogP contribution in [0.1, 0.15) is 69.1 Å². The molecule has 3 aliphatic rings. The quantitative estimate of drug-likeness (QED) is 0.152. The van der Waals surface area contributed by atoms with E-state index in [1.54, 1.807) is 0 Å². The molecule has 2 nitrogen and oxygen atoms in total. The Balaban J connectivity index is 1.07. The van der Waals surface area contributed by atoms with Crippen LogP contribution >= 0.6 is 0 Å². The van der Waals surface area contributed by atoms with Gasteiger partial charge in [-0.1, -0.05) is 123 Å². The monoisotopic (exact) mass is 710 g/mol. The minimum absolute atomic E-state index is 0.0971. The molecule has 7 aromatic rings. The highest BCUT2D eigenvalue weighted by Crippen LogP contribution is 2.55. The van der Waals surface area contributed by atoms with E-state index in [4.69, 9.17) is 0 Å². The minimum atomic E-state index is -0.0971. The Labute approximate surface area is 325 Å². The first-order valence-corrected chi connectivity index (χ1v) is 20.2. The first-order chi connectivity index (χ1) is 27.2. The highest BCUT2D eigenvalue weighted by Gasteiger charge is 2.41. The molecular weight excluding hydrogens is 665 g/mol. The number of allylic oxidation sites excluding steroid dienone is 8. The summed E-state index contributed by atoms with van der Waals surface area (Å²) >= 11 is 0. The highest BCUT2D eigenvalue weighted by molar-refractivity contribution is 6.09. The molecule has 55 heavy (non-hydrogen) atoms. The summed E-state index contributed by atoms with van der Waals surface area (Å²) in [5.74, 6) is 0. The van der Waals surface area contributed by atoms with Gasteiger partial charge in [0.15, 0.2) is 0 Å². The van der Waals surface area contributed by atoms with Crippen LogP contribution in [-0.2, 0) is 5.41 Å². The molecule has 0 spiro atoms. The number of nitrogens with zero attached hydrogens (tertiary/aromatic N) is 2. The zero-order valence-electron chi connectivity index (χ0n) is 31.8. The lowest BCUT2D eigenvalue weighted by Gasteiger charge is -2.32. The fourth-order valence-corrected chi connectivity index (χ4v) is 9.85. The van der Waals surface area contributed by atoms with Crippen LogP contribution in [0.3, 0.4) is 0 Å². The molecule has 0 amide bonds. The summed E-state index contributed by atoms with van der Waals surface area (Å²) in [5.41, 5.74) is 18.5. The van der Waals surface area contributed by atoms with Gasteiger partial charge in [-0.05, 0) is 144 Å². The molecule has 0 bridgehead atoms. The smallest absolute Gasteiger partial charge is 0.0541 e. The molecule has 10 rings (SSSR count). The standard InChI is InChI=1S/C53H46N2/c1-3-53(4-2)49-35-43(30-32-45(49)46-33-31-44(36-50(46)53)55-51-24-13-11-22-47(51)48-23-12-14-25-52(48)55)54(41-19-9-6-10-20-41)42-21-15-18-40(34-42)39-28-26-38(27-29-39)37-16-7-5-8-17-37/h5-7,9-16,18-26,28,30-36H,3-4,8,17,27,29H2,1-2H3. The van der Waals surface area contributed by atoms with Gasteiger partial charge in [-0.25, -0.2) is 0 Å². The molecule has 0 saturated heterocycles. The maximum absolute atomic E-state index is 2.50. The zero-order chi connectivity index (χ0) is 36.9. The van der Waals surface area contributed by atoms with Crippen molar-refractivity contribution in [2.45, 2.75) is 57.8 Å². The molecule has 0 unspecified atom stereocenters. The second-order valence-electron chi connectivity index (χ2n) is 15.4. The van der Waals surface area contributed by atoms with Crippen molar-refractivity contribution in [2.75, 3.05) is 4.90 Å². The Hall–Kier alpha value is -6.12. The van der Waals surface area contributed by atoms with Crippen molar-refractivity contribution in [1.29, 1.82) is 0 Å². The third-order valence-corrected chi connectivity index (χ3v) is 12.7. The van der Waals surface area contributed by atoms with Crippen LogP contribution in [0.25, 0.3) is 44.2 Å². The average Bonchev–Trinajstić information content (AvgIpc) is 3.74. The molecule has 0 radical (unpaired) electrons. The predicted octanol–water partition coefficient (Wildman–Crippen LogP) is 14.7. The lowest BCUT2D eigenvalue weighted by Crippen LogP contribution is -2.23. The summed E-state index contributed by atoms with van der Waals surface area (Å²) in [6, 6.07) is 52.2. The summed E-state index contributed by atoms with van der Waals surface area (Å²) in [5, 5.41) is 2.59. The van der Waals surface area contributed by atoms with Crippen molar-refractivity contribution < 1.29 is 0 Å². The Morgan fingerprint density at radius 1 is 0.527 bits per heavy atom. The van der Waals surface area contributed by atoms with Gasteiger partial charge in [0.1, 0.15) is 0 Å². The highest BCUT2D eigenvalue weighted by atomic mass is 15.1. The largest absolute Gasteiger partial charge is 0.310 e. The van der Waals surface area contributed by atoms with Crippen molar-refractivity contribution in [1.82, 2.24) is 4.57 Å². The summed E-state index contributed by atoms with van der Waals surface area (Å²) in [6.07, 6.45) is 18.0. The average molecular weight is 711 g/mol. The van der Waals surface area contributed by atoms with Gasteiger partial charge in [-0.3, -0.25) is 0 Å². The summed E-state index contributed by atoms with van der Waals surface area (Å²) in [7, 11) is 0. The van der Waals surface area contributed by atoms with Gasteiger partial charge in [-0.15, -0.1) is 0 Å². The minimum Gasteiger partial charge on any atom is -0.310 e. The Morgan fingerprint density at radius 3 is 1.84 bits per heavy atom. The van der Waals surface area contributed by atoms with Crippen LogP contribution in [0.2, 0.25) is 0 Å². The van der Waals surface area contributed by atoms with E-state index in [1.807, 2.05) is 0 Å². The number of aromatic nitrogens is 1. The van der Waals surface area contributed by atoms with Gasteiger partial charge in [-0.2, -0.15) is 0 Å². The molecule has 268 valence electrons. The molecule has 0 saturated carbocycles. The van der Waals surface area contributed by atoms with Gasteiger partial charge < -0.3 is 9.47 Å². The third kappa shape index (κ3) is 5.46. The van der Waals surface area contributed by atoms with E-state index >= 15 is 0 Å². The summed E-state index contributed by atoms with van der Waals surface area (Å²) in [4.78, 5) is 2.45. The van der Waals surface area contributed by atoms with E-state index in [0.29, 0.717) is 0 Å². The fraction of sp³-hybridized carbons (Fsp3) is 0.170. The summed E-state index contributed by atoms with van der Waals surface area (Å²) in [6.45, 7) is 4.75. The molecule has 0 fully saturated rings. The number of hydrogen-bond donors (Lipinski definition) is 0. The van der Waals surface area contributed by atoms with Gasteiger partial charge in [0.25, 0.3) is 0 Å². The lowest BCUT2D eigenvalue weighted by atomic mass is 9.73. The molecule has 6 aromatic carbocycles. The van der Waals surface area contributed by atoms with Crippen LogP contribution in [0.4, 0.5) is 17.1 Å². The molecule has 0 N–H and O–H groups in total. The first kappa shape index (κ1) is 33.4. The van der Waals surface area contributed by atoms with E-state index in [0.717, 1.165) is 38.5 Å². The fourth-order valence-electron chi connectivity index (χ4n) is 9.85. The zero-order valence-corrected chi connectivity index (χ0v) is 31.8. The predicted molar refractivity (Wildman–Crippen MR) is 234 cm³/mol. The van der Waals surface area contributed by atoms with E-state index in [1.165, 1.54) is 89.1 Å². The number of hydrogen-bond acceptors (Lipinski definition) is 1. The molecule has 0 aliphatic heterocycles. The molecule has 3 aliphatic carbocycles. The van der Waals surface area contributed by atoms with E-state index in [-0.39, 0.29) is 5.41 Å². The SMILES string of the molecule is CCC1(CC)c2cc(N(c3ccccc3)c3cccc(C4=CC=C(C5=CC=CCC5)CC4)c3)ccc2-c2ccc(-n3c4ccccc4c4ccccc43)cc21. The Morgan fingerprint density at radius 2 is 1.15 bits per heavy atom. The number of rotatable bonds is 8. The number of para-hydroxylation sites is 3. The third-order valence-electron chi connectivity index (χ3n) is 12.7. The van der Waals surface area contributed by atoms with Crippen LogP contribution in [0, 0.1) is 0 Å². The number of anilines is 3. The second kappa shape index (κ2) is 13.6. The molecule has 2 heteroatoms. The van der Waals surface area contributed by atoms with Crippen molar-refractivity contribution >= 4 is 44.4 Å². The van der Waals surface area contributed by atoms with Crippen molar-refractivity contribution in [2.24, 2.45) is 0 Å². The van der Waals surface area contributed by atoms with Gasteiger partial charge >= 0.3 is 0 Å². The van der Waals surface area contributed by atoms with E-state index in [2.05, 4.69) is 193 Å². The van der Waals surface area contributed by atoms with Crippen LogP contribution in [0.15, 0.2) is 181 Å². The van der Waals surface area contributed by atoms with Gasteiger partial charge in [0, 0.05) is 38.9 Å². The lowest BCUT2D eigenvalue weighted by molar-refractivity contribution is 0.490. The normalized spacial score (nSPS) is 15.7. The molecular formula is C53H46N2. The van der Waals surface area contributed by atoms with Crippen LogP contribution < -0.4 is 4.90 Å². The van der Waals surface area contributed by atoms with Crippen molar-refractivity contribution in [3.63, 3.8) is 0 Å². The number of fused-ring (bicyclic) bond motifs is 6. The second-order valence-corrected chi connectivity index (χ2v) is 15.4. The first-order valence-electron chi connectivity index (χ1n) is 20.2. The van der Waals surface area contributed by atoms with Crippen molar-refractivity contribution in [3.8, 4) is 16.8 Å². The van der Waals surface area contributed by atoms with E-state index < -0.39 is 0 Å². The Kier molecular flexibility index (Phi) is 8.29. The van der Waals surface area contributed by atoms with Crippen LogP contribution in [0.5, 0.6) is 0 Å². The molecule has 0 atom stereocenters. The summed E-state index contributed by atoms with van der Waals surface area (Å²) < 4.78 is 2.46. The van der Waals surface area contributed by atoms with Gasteiger partial charge in [0.2, 0.25) is 0 Å². The molecule has 1 aromatic heterocycles. The van der Waals surface area contributed by atoms with E-state index in [9.17, 15) is 0 Å². The number of benzene rings is 6. The van der Waals surface area contributed by atoms with Gasteiger partial charge in [0.05, 0.1) is 11.0 Å². The van der Waals surface area contributed by atoms with Crippen molar-refractivity contribution in [3.05, 3.63) is 198 Å². The molecule has 1 heterocycles. The van der Waals surface area contributed by atoms with Crippen LogP contribution in [-0.4, -0.2) is 4.57 Å².